The minimum Gasteiger partial charge on any atom is -0.484 e. The van der Waals surface area contributed by atoms with Crippen molar-refractivity contribution in [3.8, 4) is 5.75 Å². The van der Waals surface area contributed by atoms with Gasteiger partial charge in [-0.3, -0.25) is 19.2 Å². The van der Waals surface area contributed by atoms with Crippen LogP contribution in [0.15, 0.2) is 54.6 Å². The first-order valence-corrected chi connectivity index (χ1v) is 11.3. The Morgan fingerprint density at radius 2 is 1.21 bits per heavy atom. The molecule has 0 saturated carbocycles. The van der Waals surface area contributed by atoms with Gasteiger partial charge in [0.05, 0.1) is 13.2 Å². The molecule has 2 aromatic rings. The lowest BCUT2D eigenvalue weighted by atomic mass is 10.0. The van der Waals surface area contributed by atoms with Crippen molar-refractivity contribution in [2.24, 2.45) is 0 Å². The van der Waals surface area contributed by atoms with E-state index in [1.807, 2.05) is 18.2 Å². The first kappa shape index (κ1) is 23.4. The molecule has 9 nitrogen and oxygen atoms in total. The Hall–Kier alpha value is -3.72. The Morgan fingerprint density at radius 1 is 0.676 bits per heavy atom. The lowest BCUT2D eigenvalue weighted by molar-refractivity contribution is -0.155. The number of carbonyl (C=O) groups is 4. The van der Waals surface area contributed by atoms with Crippen LogP contribution in [0.1, 0.15) is 15.9 Å². The van der Waals surface area contributed by atoms with Crippen molar-refractivity contribution in [1.82, 2.24) is 14.7 Å². The number of hydrogen-bond acceptors (Lipinski definition) is 6. The Morgan fingerprint density at radius 3 is 1.82 bits per heavy atom. The van der Waals surface area contributed by atoms with Crippen molar-refractivity contribution in [3.63, 3.8) is 0 Å². The fourth-order valence-corrected chi connectivity index (χ4v) is 3.89. The number of ether oxygens (including phenoxy) is 2. The number of carbonyl (C=O) groups excluding carboxylic acids is 4. The molecule has 0 bridgehead atoms. The highest BCUT2D eigenvalue weighted by molar-refractivity contribution is 6.34. The van der Waals surface area contributed by atoms with Crippen molar-refractivity contribution in [2.75, 3.05) is 59.1 Å². The summed E-state index contributed by atoms with van der Waals surface area (Å²) in [5.41, 5.74) is 1.15. The molecule has 2 saturated heterocycles. The Labute approximate surface area is 197 Å². The van der Waals surface area contributed by atoms with Gasteiger partial charge >= 0.3 is 11.8 Å². The molecule has 178 valence electrons. The third kappa shape index (κ3) is 5.60. The van der Waals surface area contributed by atoms with Crippen LogP contribution in [-0.2, 0) is 19.1 Å². The van der Waals surface area contributed by atoms with E-state index in [2.05, 4.69) is 0 Å². The second-order valence-electron chi connectivity index (χ2n) is 8.09. The number of nitrogens with zero attached hydrogens (tertiary/aromatic N) is 3. The molecule has 0 unspecified atom stereocenters. The van der Waals surface area contributed by atoms with Crippen LogP contribution >= 0.6 is 0 Å². The third-order valence-corrected chi connectivity index (χ3v) is 5.92. The summed E-state index contributed by atoms with van der Waals surface area (Å²) in [5.74, 6) is -0.835. The first-order valence-electron chi connectivity index (χ1n) is 11.3. The number of hydrogen-bond donors (Lipinski definition) is 0. The molecular formula is C25H27N3O6. The summed E-state index contributed by atoms with van der Waals surface area (Å²) in [5, 5.41) is 0. The average Bonchev–Trinajstić information content (AvgIpc) is 2.92. The van der Waals surface area contributed by atoms with Gasteiger partial charge in [-0.05, 0) is 24.3 Å². The van der Waals surface area contributed by atoms with E-state index in [4.69, 9.17) is 9.47 Å². The highest BCUT2D eigenvalue weighted by Crippen LogP contribution is 2.16. The molecule has 2 aliphatic heterocycles. The minimum absolute atomic E-state index is 0.0808. The lowest BCUT2D eigenvalue weighted by Gasteiger charge is -2.35. The number of piperazine rings is 1. The maximum Gasteiger partial charge on any atom is 0.312 e. The first-order chi connectivity index (χ1) is 16.5. The summed E-state index contributed by atoms with van der Waals surface area (Å²) in [6, 6.07) is 15.7. The van der Waals surface area contributed by atoms with E-state index in [9.17, 15) is 19.2 Å². The normalized spacial score (nSPS) is 16.2. The fourth-order valence-electron chi connectivity index (χ4n) is 3.89. The number of rotatable bonds is 5. The summed E-state index contributed by atoms with van der Waals surface area (Å²) < 4.78 is 10.8. The van der Waals surface area contributed by atoms with E-state index >= 15 is 0 Å². The molecule has 4 rings (SSSR count). The number of ketones is 1. The van der Waals surface area contributed by atoms with Crippen LogP contribution in [0.3, 0.4) is 0 Å². The summed E-state index contributed by atoms with van der Waals surface area (Å²) in [7, 11) is 0. The fraction of sp³-hybridized carbons (Fsp3) is 0.360. The third-order valence-electron chi connectivity index (χ3n) is 5.92. The van der Waals surface area contributed by atoms with Gasteiger partial charge in [0, 0.05) is 50.4 Å². The topological polar surface area (TPSA) is 96.5 Å². The summed E-state index contributed by atoms with van der Waals surface area (Å²) in [4.78, 5) is 54.5. The van der Waals surface area contributed by atoms with Crippen molar-refractivity contribution in [1.29, 1.82) is 0 Å². The molecule has 0 aromatic heterocycles. The van der Waals surface area contributed by atoms with Crippen molar-refractivity contribution < 1.29 is 28.7 Å². The van der Waals surface area contributed by atoms with E-state index < -0.39 is 11.8 Å². The molecule has 34 heavy (non-hydrogen) atoms. The van der Waals surface area contributed by atoms with Crippen LogP contribution < -0.4 is 4.74 Å². The zero-order valence-electron chi connectivity index (χ0n) is 18.9. The molecule has 2 fully saturated rings. The van der Waals surface area contributed by atoms with Crippen LogP contribution in [-0.4, -0.2) is 97.3 Å². The van der Waals surface area contributed by atoms with Gasteiger partial charge < -0.3 is 24.2 Å². The smallest absolute Gasteiger partial charge is 0.312 e. The Bertz CT molecular complexity index is 1030. The molecule has 0 atom stereocenters. The maximum atomic E-state index is 12.5. The van der Waals surface area contributed by atoms with Gasteiger partial charge in [0.25, 0.3) is 5.91 Å². The van der Waals surface area contributed by atoms with Gasteiger partial charge in [-0.15, -0.1) is 0 Å². The van der Waals surface area contributed by atoms with Gasteiger partial charge in [-0.2, -0.15) is 0 Å². The van der Waals surface area contributed by atoms with Gasteiger partial charge in [-0.25, -0.2) is 0 Å². The van der Waals surface area contributed by atoms with Gasteiger partial charge in [0.2, 0.25) is 0 Å². The summed E-state index contributed by atoms with van der Waals surface area (Å²) >= 11 is 0. The summed E-state index contributed by atoms with van der Waals surface area (Å²) in [6.45, 7) is 2.86. The van der Waals surface area contributed by atoms with Crippen molar-refractivity contribution in [2.45, 2.75) is 0 Å². The second kappa shape index (κ2) is 10.9. The molecule has 3 amide bonds. The molecule has 9 heteroatoms. The van der Waals surface area contributed by atoms with Crippen LogP contribution in [0, 0.1) is 0 Å². The summed E-state index contributed by atoms with van der Waals surface area (Å²) in [6.07, 6.45) is 0. The molecule has 0 aliphatic carbocycles. The monoisotopic (exact) mass is 465 g/mol. The second-order valence-corrected chi connectivity index (χ2v) is 8.09. The molecule has 0 N–H and O–H groups in total. The minimum atomic E-state index is -0.532. The highest BCUT2D eigenvalue weighted by atomic mass is 16.5. The number of amides is 3. The van der Waals surface area contributed by atoms with Crippen LogP contribution in [0.25, 0.3) is 0 Å². The molecule has 0 radical (unpaired) electrons. The van der Waals surface area contributed by atoms with E-state index in [1.165, 1.54) is 9.80 Å². The Kier molecular flexibility index (Phi) is 7.54. The molecule has 2 aromatic carbocycles. The Balaban J connectivity index is 1.22. The van der Waals surface area contributed by atoms with Crippen LogP contribution in [0.2, 0.25) is 0 Å². The van der Waals surface area contributed by atoms with Crippen LogP contribution in [0.5, 0.6) is 5.75 Å². The molecule has 2 aliphatic rings. The maximum absolute atomic E-state index is 12.5. The zero-order chi connectivity index (χ0) is 23.9. The van der Waals surface area contributed by atoms with Crippen molar-refractivity contribution >= 4 is 23.5 Å². The van der Waals surface area contributed by atoms with Gasteiger partial charge in [-0.1, -0.05) is 30.3 Å². The van der Waals surface area contributed by atoms with E-state index in [1.54, 1.807) is 41.3 Å². The van der Waals surface area contributed by atoms with Crippen molar-refractivity contribution in [3.05, 3.63) is 65.7 Å². The largest absolute Gasteiger partial charge is 0.484 e. The molecular weight excluding hydrogens is 438 g/mol. The molecule has 2 heterocycles. The lowest BCUT2D eigenvalue weighted by Crippen LogP contribution is -2.56. The quantitative estimate of drug-likeness (QED) is 0.479. The predicted molar refractivity (Wildman–Crippen MR) is 122 cm³/mol. The van der Waals surface area contributed by atoms with E-state index in [0.717, 1.165) is 0 Å². The highest BCUT2D eigenvalue weighted by Gasteiger charge is 2.31. The number of benzene rings is 2. The molecule has 0 spiro atoms. The van der Waals surface area contributed by atoms with Gasteiger partial charge in [0.15, 0.2) is 12.4 Å². The standard InChI is InChI=1S/C25H27N3O6/c29-22(18-34-21-8-6-20(7-9-21)23(30)19-4-2-1-3-5-19)26-10-12-27(13-11-26)24(31)25(32)28-14-16-33-17-15-28/h1-9H,10-18H2. The van der Waals surface area contributed by atoms with Crippen LogP contribution in [0.4, 0.5) is 0 Å². The van der Waals surface area contributed by atoms with E-state index in [0.29, 0.717) is 69.4 Å². The average molecular weight is 466 g/mol. The SMILES string of the molecule is O=C(c1ccccc1)c1ccc(OCC(=O)N2CCN(C(=O)C(=O)N3CCOCC3)CC2)cc1. The van der Waals surface area contributed by atoms with Gasteiger partial charge in [0.1, 0.15) is 5.75 Å². The van der Waals surface area contributed by atoms with E-state index in [-0.39, 0.29) is 18.3 Å². The predicted octanol–water partition coefficient (Wildman–Crippen LogP) is 0.826. The zero-order valence-corrected chi connectivity index (χ0v) is 18.9. The number of morpholine rings is 1.